The van der Waals surface area contributed by atoms with Gasteiger partial charge in [-0.1, -0.05) is 6.07 Å². The molecule has 114 valence electrons. The predicted molar refractivity (Wildman–Crippen MR) is 87.9 cm³/mol. The van der Waals surface area contributed by atoms with Crippen LogP contribution in [0.2, 0.25) is 0 Å². The number of thioether (sulfide) groups is 1. The van der Waals surface area contributed by atoms with Gasteiger partial charge in [0.15, 0.2) is 0 Å². The number of aliphatic hydroxyl groups is 1. The Bertz CT molecular complexity index is 606. The SMILES string of the molecule is CSCC(C)(O)CNC(=O)c1cn(C)nc1-c1cccs1. The fraction of sp³-hybridized carbons (Fsp3) is 0.429. The third-order valence-corrected chi connectivity index (χ3v) is 4.70. The third kappa shape index (κ3) is 4.09. The largest absolute Gasteiger partial charge is 0.387 e. The van der Waals surface area contributed by atoms with E-state index in [1.807, 2.05) is 23.8 Å². The smallest absolute Gasteiger partial charge is 0.255 e. The Labute approximate surface area is 132 Å². The second kappa shape index (κ2) is 6.64. The van der Waals surface area contributed by atoms with E-state index in [2.05, 4.69) is 10.4 Å². The van der Waals surface area contributed by atoms with Gasteiger partial charge < -0.3 is 10.4 Å². The average Bonchev–Trinajstić information content (AvgIpc) is 3.04. The number of carbonyl (C=O) groups excluding carboxylic acids is 1. The van der Waals surface area contributed by atoms with Crippen LogP contribution < -0.4 is 5.32 Å². The van der Waals surface area contributed by atoms with E-state index < -0.39 is 5.60 Å². The van der Waals surface area contributed by atoms with Gasteiger partial charge in [0.1, 0.15) is 5.69 Å². The molecule has 0 radical (unpaired) electrons. The van der Waals surface area contributed by atoms with Gasteiger partial charge in [0.25, 0.3) is 5.91 Å². The van der Waals surface area contributed by atoms with Crippen LogP contribution in [-0.2, 0) is 7.05 Å². The number of carbonyl (C=O) groups is 1. The zero-order chi connectivity index (χ0) is 15.5. The molecular weight excluding hydrogens is 306 g/mol. The van der Waals surface area contributed by atoms with Gasteiger partial charge in [-0.15, -0.1) is 11.3 Å². The Morgan fingerprint density at radius 2 is 2.38 bits per heavy atom. The van der Waals surface area contributed by atoms with Crippen molar-refractivity contribution >= 4 is 29.0 Å². The first kappa shape index (κ1) is 16.1. The molecule has 1 atom stereocenters. The standard InChI is InChI=1S/C14H19N3O2S2/c1-14(19,9-20-3)8-15-13(18)10-7-17(2)16-12(10)11-5-4-6-21-11/h4-7,19H,8-9H2,1-3H3,(H,15,18). The monoisotopic (exact) mass is 325 g/mol. The molecule has 1 unspecified atom stereocenters. The van der Waals surface area contributed by atoms with E-state index in [1.165, 1.54) is 0 Å². The molecule has 0 aliphatic heterocycles. The fourth-order valence-electron chi connectivity index (χ4n) is 1.98. The molecule has 5 nitrogen and oxygen atoms in total. The summed E-state index contributed by atoms with van der Waals surface area (Å²) in [7, 11) is 1.79. The van der Waals surface area contributed by atoms with Crippen molar-refractivity contribution in [2.24, 2.45) is 7.05 Å². The number of aryl methyl sites for hydroxylation is 1. The molecule has 0 spiro atoms. The third-order valence-electron chi connectivity index (χ3n) is 2.91. The first-order valence-electron chi connectivity index (χ1n) is 6.50. The van der Waals surface area contributed by atoms with Gasteiger partial charge >= 0.3 is 0 Å². The van der Waals surface area contributed by atoms with Gasteiger partial charge in [0.2, 0.25) is 0 Å². The van der Waals surface area contributed by atoms with E-state index in [0.717, 1.165) is 4.88 Å². The van der Waals surface area contributed by atoms with E-state index in [-0.39, 0.29) is 12.5 Å². The van der Waals surface area contributed by atoms with Crippen molar-refractivity contribution in [3.8, 4) is 10.6 Å². The van der Waals surface area contributed by atoms with Crippen LogP contribution in [-0.4, -0.2) is 44.9 Å². The van der Waals surface area contributed by atoms with Crippen molar-refractivity contribution in [3.05, 3.63) is 29.3 Å². The highest BCUT2D eigenvalue weighted by molar-refractivity contribution is 7.98. The lowest BCUT2D eigenvalue weighted by Gasteiger charge is -2.22. The molecule has 2 aromatic heterocycles. The zero-order valence-electron chi connectivity index (χ0n) is 12.3. The van der Waals surface area contributed by atoms with Crippen molar-refractivity contribution in [1.82, 2.24) is 15.1 Å². The van der Waals surface area contributed by atoms with E-state index >= 15 is 0 Å². The Kier molecular flexibility index (Phi) is 5.08. The number of rotatable bonds is 6. The molecule has 0 saturated carbocycles. The molecule has 21 heavy (non-hydrogen) atoms. The number of hydrogen-bond acceptors (Lipinski definition) is 5. The lowest BCUT2D eigenvalue weighted by molar-refractivity contribution is 0.0725. The average molecular weight is 325 g/mol. The first-order chi connectivity index (χ1) is 9.93. The molecule has 2 N–H and O–H groups in total. The summed E-state index contributed by atoms with van der Waals surface area (Å²) in [4.78, 5) is 13.3. The molecule has 0 aliphatic rings. The minimum absolute atomic E-state index is 0.214. The highest BCUT2D eigenvalue weighted by Crippen LogP contribution is 2.26. The molecule has 2 heterocycles. The lowest BCUT2D eigenvalue weighted by Crippen LogP contribution is -2.42. The van der Waals surface area contributed by atoms with Crippen LogP contribution in [0.1, 0.15) is 17.3 Å². The quantitative estimate of drug-likeness (QED) is 0.852. The molecule has 2 rings (SSSR count). The number of hydrogen-bond donors (Lipinski definition) is 2. The maximum atomic E-state index is 12.3. The number of nitrogens with one attached hydrogen (secondary N) is 1. The van der Waals surface area contributed by atoms with E-state index in [4.69, 9.17) is 0 Å². The highest BCUT2D eigenvalue weighted by atomic mass is 32.2. The van der Waals surface area contributed by atoms with Crippen LogP contribution in [0.3, 0.4) is 0 Å². The van der Waals surface area contributed by atoms with Gasteiger partial charge in [-0.25, -0.2) is 0 Å². The second-order valence-corrected chi connectivity index (χ2v) is 6.97. The number of aromatic nitrogens is 2. The zero-order valence-corrected chi connectivity index (χ0v) is 13.9. The molecular formula is C14H19N3O2S2. The van der Waals surface area contributed by atoms with Gasteiger partial charge in [0.05, 0.1) is 16.0 Å². The summed E-state index contributed by atoms with van der Waals surface area (Å²) in [6.45, 7) is 1.93. The van der Waals surface area contributed by atoms with Gasteiger partial charge in [-0.3, -0.25) is 9.48 Å². The summed E-state index contributed by atoms with van der Waals surface area (Å²) in [6, 6.07) is 3.87. The van der Waals surface area contributed by atoms with Crippen LogP contribution >= 0.6 is 23.1 Å². The Hall–Kier alpha value is -1.31. The molecule has 0 aromatic carbocycles. The first-order valence-corrected chi connectivity index (χ1v) is 8.77. The topological polar surface area (TPSA) is 67.2 Å². The summed E-state index contributed by atoms with van der Waals surface area (Å²) < 4.78 is 1.63. The van der Waals surface area contributed by atoms with Crippen LogP contribution in [0.15, 0.2) is 23.7 Å². The highest BCUT2D eigenvalue weighted by Gasteiger charge is 2.23. The van der Waals surface area contributed by atoms with E-state index in [1.54, 1.807) is 47.9 Å². The van der Waals surface area contributed by atoms with Crippen molar-refractivity contribution in [1.29, 1.82) is 0 Å². The summed E-state index contributed by atoms with van der Waals surface area (Å²) in [6.07, 6.45) is 3.62. The summed E-state index contributed by atoms with van der Waals surface area (Å²) >= 11 is 3.09. The van der Waals surface area contributed by atoms with Crippen molar-refractivity contribution in [3.63, 3.8) is 0 Å². The Morgan fingerprint density at radius 3 is 3.00 bits per heavy atom. The predicted octanol–water partition coefficient (Wildman–Crippen LogP) is 1.99. The minimum atomic E-state index is -0.916. The number of nitrogens with zero attached hydrogens (tertiary/aromatic N) is 2. The lowest BCUT2D eigenvalue weighted by atomic mass is 10.1. The van der Waals surface area contributed by atoms with Crippen LogP contribution in [0, 0.1) is 0 Å². The maximum absolute atomic E-state index is 12.3. The normalized spacial score (nSPS) is 13.9. The van der Waals surface area contributed by atoms with Gasteiger partial charge in [-0.2, -0.15) is 16.9 Å². The van der Waals surface area contributed by atoms with Crippen molar-refractivity contribution in [2.45, 2.75) is 12.5 Å². The van der Waals surface area contributed by atoms with E-state index in [9.17, 15) is 9.90 Å². The van der Waals surface area contributed by atoms with Crippen LogP contribution in [0.4, 0.5) is 0 Å². The summed E-state index contributed by atoms with van der Waals surface area (Å²) in [5, 5.41) is 19.2. The molecule has 0 bridgehead atoms. The summed E-state index contributed by atoms with van der Waals surface area (Å²) in [5.41, 5.74) is 0.287. The Balaban J connectivity index is 2.13. The molecule has 1 amide bonds. The Morgan fingerprint density at radius 1 is 1.62 bits per heavy atom. The number of amides is 1. The molecule has 2 aromatic rings. The van der Waals surface area contributed by atoms with Crippen LogP contribution in [0.25, 0.3) is 10.6 Å². The number of thiophene rings is 1. The van der Waals surface area contributed by atoms with Gasteiger partial charge in [0, 0.05) is 25.5 Å². The van der Waals surface area contributed by atoms with Crippen molar-refractivity contribution < 1.29 is 9.90 Å². The minimum Gasteiger partial charge on any atom is -0.387 e. The molecule has 0 saturated heterocycles. The van der Waals surface area contributed by atoms with E-state index in [0.29, 0.717) is 17.0 Å². The maximum Gasteiger partial charge on any atom is 0.255 e. The van der Waals surface area contributed by atoms with Crippen molar-refractivity contribution in [2.75, 3.05) is 18.6 Å². The molecule has 0 fully saturated rings. The molecule has 7 heteroatoms. The molecule has 0 aliphatic carbocycles. The summed E-state index contributed by atoms with van der Waals surface area (Å²) in [5.74, 6) is 0.353. The second-order valence-electron chi connectivity index (χ2n) is 5.15. The fourth-order valence-corrected chi connectivity index (χ4v) is 3.43. The van der Waals surface area contributed by atoms with Gasteiger partial charge in [-0.05, 0) is 24.6 Å². The van der Waals surface area contributed by atoms with Crippen LogP contribution in [0.5, 0.6) is 0 Å².